The van der Waals surface area contributed by atoms with Crippen molar-refractivity contribution in [2.45, 2.75) is 77.4 Å². The Bertz CT molecular complexity index is 1360. The molecule has 1 saturated carbocycles. The van der Waals surface area contributed by atoms with E-state index in [2.05, 4.69) is 20.8 Å². The quantitative estimate of drug-likeness (QED) is 0.203. The number of carbonyl (C=O) groups excluding carboxylic acids is 4. The van der Waals surface area contributed by atoms with E-state index in [-0.39, 0.29) is 56.4 Å². The molecule has 3 amide bonds. The molecule has 1 saturated heterocycles. The monoisotopic (exact) mass is 617 g/mol. The van der Waals surface area contributed by atoms with Crippen molar-refractivity contribution < 1.29 is 28.7 Å². The number of likely N-dealkylation sites (tertiary alicyclic amines) is 1. The third kappa shape index (κ3) is 9.70. The Morgan fingerprint density at radius 2 is 1.69 bits per heavy atom. The summed E-state index contributed by atoms with van der Waals surface area (Å²) in [5.74, 6) is -0.836. The maximum absolute atomic E-state index is 13.2. The third-order valence-corrected chi connectivity index (χ3v) is 8.54. The highest BCUT2D eigenvalue weighted by Gasteiger charge is 2.44. The molecule has 1 heterocycles. The van der Waals surface area contributed by atoms with Gasteiger partial charge in [0, 0.05) is 25.6 Å². The van der Waals surface area contributed by atoms with E-state index in [0.29, 0.717) is 43.0 Å². The number of nitrogens with zero attached hydrogens (tertiary/aromatic N) is 2. The van der Waals surface area contributed by atoms with Gasteiger partial charge in [-0.3, -0.25) is 14.4 Å². The minimum absolute atomic E-state index is 0.0289. The summed E-state index contributed by atoms with van der Waals surface area (Å²) in [6, 6.07) is 14.5. The number of esters is 1. The highest BCUT2D eigenvalue weighted by atomic mass is 16.6. The molecule has 2 fully saturated rings. The summed E-state index contributed by atoms with van der Waals surface area (Å²) in [6.07, 6.45) is 5.90. The number of piperidine rings is 1. The van der Waals surface area contributed by atoms with Gasteiger partial charge in [0.25, 0.3) is 0 Å². The van der Waals surface area contributed by atoms with Crippen molar-refractivity contribution in [3.63, 3.8) is 0 Å². The fourth-order valence-electron chi connectivity index (χ4n) is 5.89. The molecule has 11 nitrogen and oxygen atoms in total. The van der Waals surface area contributed by atoms with Gasteiger partial charge in [0.05, 0.1) is 36.5 Å². The number of benzene rings is 2. The Kier molecular flexibility index (Phi) is 12.2. The van der Waals surface area contributed by atoms with Gasteiger partial charge in [0.15, 0.2) is 5.69 Å². The SMILES string of the molecule is [C-]#[N+]c1ccc(NCC(=O)NC2CCCCC2)c(NC(=O)CCC2(C(=O)OCC)CCN(C(=O)OCc3ccccc3)CC2)c1. The largest absolute Gasteiger partial charge is 0.466 e. The molecule has 0 bridgehead atoms. The summed E-state index contributed by atoms with van der Waals surface area (Å²) >= 11 is 0. The van der Waals surface area contributed by atoms with E-state index in [9.17, 15) is 19.2 Å². The zero-order valence-corrected chi connectivity index (χ0v) is 25.9. The van der Waals surface area contributed by atoms with Crippen LogP contribution in [0.2, 0.25) is 0 Å². The molecule has 45 heavy (non-hydrogen) atoms. The van der Waals surface area contributed by atoms with Crippen LogP contribution in [-0.4, -0.2) is 61.1 Å². The molecule has 0 aromatic heterocycles. The van der Waals surface area contributed by atoms with Gasteiger partial charge in [-0.1, -0.05) is 55.7 Å². The van der Waals surface area contributed by atoms with Crippen LogP contribution in [0.15, 0.2) is 48.5 Å². The standard InChI is InChI=1S/C34H43N5O6/c1-3-44-32(42)34(18-20-39(21-19-34)33(43)45-24-25-10-6-4-7-11-25)17-16-30(40)38-29-22-27(35-2)14-15-28(29)36-23-31(41)37-26-12-8-5-9-13-26/h4,6-7,10-11,14-15,22,26,36H,3,5,8-9,12-13,16-21,23-24H2,1H3,(H,37,41)(H,38,40). The van der Waals surface area contributed by atoms with Crippen molar-refractivity contribution >= 4 is 40.9 Å². The molecule has 0 spiro atoms. The van der Waals surface area contributed by atoms with Gasteiger partial charge in [-0.05, 0) is 56.7 Å². The third-order valence-electron chi connectivity index (χ3n) is 8.54. The van der Waals surface area contributed by atoms with Crippen molar-refractivity contribution in [1.29, 1.82) is 0 Å². The molecule has 1 aliphatic heterocycles. The van der Waals surface area contributed by atoms with Crippen LogP contribution in [0.5, 0.6) is 0 Å². The van der Waals surface area contributed by atoms with Crippen LogP contribution < -0.4 is 16.0 Å². The van der Waals surface area contributed by atoms with Gasteiger partial charge < -0.3 is 30.3 Å². The van der Waals surface area contributed by atoms with Crippen LogP contribution in [0.4, 0.5) is 21.9 Å². The minimum Gasteiger partial charge on any atom is -0.466 e. The highest BCUT2D eigenvalue weighted by molar-refractivity contribution is 5.96. The van der Waals surface area contributed by atoms with E-state index in [1.165, 1.54) is 6.42 Å². The lowest BCUT2D eigenvalue weighted by Gasteiger charge is -2.39. The van der Waals surface area contributed by atoms with Crippen molar-refractivity contribution in [3.8, 4) is 0 Å². The van der Waals surface area contributed by atoms with E-state index in [1.54, 1.807) is 30.0 Å². The summed E-state index contributed by atoms with van der Waals surface area (Å²) < 4.78 is 10.9. The summed E-state index contributed by atoms with van der Waals surface area (Å²) in [4.78, 5) is 56.6. The van der Waals surface area contributed by atoms with E-state index in [4.69, 9.17) is 16.0 Å². The van der Waals surface area contributed by atoms with Gasteiger partial charge in [0.2, 0.25) is 11.8 Å². The number of rotatable bonds is 12. The molecule has 2 aliphatic rings. The van der Waals surface area contributed by atoms with Crippen molar-refractivity contribution in [2.24, 2.45) is 5.41 Å². The van der Waals surface area contributed by atoms with Crippen LogP contribution in [0.1, 0.15) is 70.3 Å². The predicted octanol–water partition coefficient (Wildman–Crippen LogP) is 5.80. The van der Waals surface area contributed by atoms with Crippen LogP contribution in [0.3, 0.4) is 0 Å². The Labute approximate surface area is 264 Å². The Balaban J connectivity index is 1.33. The first kappa shape index (κ1) is 33.3. The highest BCUT2D eigenvalue weighted by Crippen LogP contribution is 2.38. The molecule has 240 valence electrons. The second-order valence-corrected chi connectivity index (χ2v) is 11.7. The Morgan fingerprint density at radius 1 is 0.956 bits per heavy atom. The normalized spacial score (nSPS) is 16.1. The number of nitrogens with one attached hydrogen (secondary N) is 3. The second-order valence-electron chi connectivity index (χ2n) is 11.7. The topological polar surface area (TPSA) is 130 Å². The summed E-state index contributed by atoms with van der Waals surface area (Å²) in [6.45, 7) is 10.1. The molecule has 2 aromatic carbocycles. The van der Waals surface area contributed by atoms with Gasteiger partial charge in [-0.25, -0.2) is 9.64 Å². The lowest BCUT2D eigenvalue weighted by Crippen LogP contribution is -2.47. The zero-order valence-electron chi connectivity index (χ0n) is 25.9. The molecule has 0 unspecified atom stereocenters. The first-order valence-corrected chi connectivity index (χ1v) is 15.8. The van der Waals surface area contributed by atoms with Crippen LogP contribution in [0, 0.1) is 12.0 Å². The number of ether oxygens (including phenoxy) is 2. The zero-order chi connectivity index (χ0) is 32.1. The predicted molar refractivity (Wildman–Crippen MR) is 171 cm³/mol. The molecule has 3 N–H and O–H groups in total. The number of carbonyl (C=O) groups is 4. The van der Waals surface area contributed by atoms with E-state index >= 15 is 0 Å². The Morgan fingerprint density at radius 3 is 2.38 bits per heavy atom. The molecular weight excluding hydrogens is 574 g/mol. The van der Waals surface area contributed by atoms with Crippen LogP contribution in [-0.2, 0) is 30.5 Å². The molecule has 2 aromatic rings. The number of hydrogen-bond donors (Lipinski definition) is 3. The van der Waals surface area contributed by atoms with Crippen molar-refractivity contribution in [1.82, 2.24) is 10.2 Å². The average Bonchev–Trinajstić information content (AvgIpc) is 3.07. The second kappa shape index (κ2) is 16.5. The lowest BCUT2D eigenvalue weighted by atomic mass is 9.74. The molecule has 4 rings (SSSR count). The van der Waals surface area contributed by atoms with E-state index in [0.717, 1.165) is 31.2 Å². The molecular formula is C34H43N5O6. The van der Waals surface area contributed by atoms with Crippen LogP contribution >= 0.6 is 0 Å². The maximum atomic E-state index is 13.2. The fraction of sp³-hybridized carbons (Fsp3) is 0.500. The number of amides is 3. The first-order chi connectivity index (χ1) is 21.8. The summed E-state index contributed by atoms with van der Waals surface area (Å²) in [5, 5.41) is 9.02. The molecule has 0 radical (unpaired) electrons. The van der Waals surface area contributed by atoms with E-state index in [1.807, 2.05) is 30.3 Å². The van der Waals surface area contributed by atoms with Gasteiger partial charge in [-0.15, -0.1) is 0 Å². The fourth-order valence-corrected chi connectivity index (χ4v) is 5.89. The Hall–Kier alpha value is -4.59. The number of hydrogen-bond acceptors (Lipinski definition) is 7. The van der Waals surface area contributed by atoms with Gasteiger partial charge in [0.1, 0.15) is 6.61 Å². The lowest BCUT2D eigenvalue weighted by molar-refractivity contribution is -0.159. The average molecular weight is 618 g/mol. The maximum Gasteiger partial charge on any atom is 0.410 e. The molecule has 11 heteroatoms. The summed E-state index contributed by atoms with van der Waals surface area (Å²) in [5.41, 5.74) is 1.23. The van der Waals surface area contributed by atoms with Gasteiger partial charge in [-0.2, -0.15) is 0 Å². The smallest absolute Gasteiger partial charge is 0.410 e. The van der Waals surface area contributed by atoms with Crippen LogP contribution in [0.25, 0.3) is 4.85 Å². The first-order valence-electron chi connectivity index (χ1n) is 15.8. The van der Waals surface area contributed by atoms with Gasteiger partial charge >= 0.3 is 12.1 Å². The molecule has 1 aliphatic carbocycles. The molecule has 0 atom stereocenters. The van der Waals surface area contributed by atoms with Crippen molar-refractivity contribution in [3.05, 3.63) is 65.5 Å². The minimum atomic E-state index is -0.916. The summed E-state index contributed by atoms with van der Waals surface area (Å²) in [7, 11) is 0. The van der Waals surface area contributed by atoms with E-state index < -0.39 is 11.5 Å². The van der Waals surface area contributed by atoms with Crippen molar-refractivity contribution in [2.75, 3.05) is 36.9 Å². The number of anilines is 2.